The molecule has 0 aliphatic carbocycles. The van der Waals surface area contributed by atoms with Crippen molar-refractivity contribution in [2.45, 2.75) is 32.8 Å². The molecule has 15 heavy (non-hydrogen) atoms. The molecule has 0 rings (SSSR count). The molecule has 0 N–H and O–H groups in total. The molecule has 0 amide bonds. The maximum Gasteiger partial charge on any atom is 0.508 e. The molecule has 3 nitrogen and oxygen atoms in total. The second kappa shape index (κ2) is 7.76. The molecule has 0 spiro atoms. The summed E-state index contributed by atoms with van der Waals surface area (Å²) in [5, 5.41) is 0. The van der Waals surface area contributed by atoms with E-state index in [-0.39, 0.29) is 18.6 Å². The monoisotopic (exact) mass is 208 g/mol. The first-order chi connectivity index (χ1) is 7.10. The average Bonchev–Trinajstić information content (AvgIpc) is 2.14. The minimum Gasteiger partial charge on any atom is -0.434 e. The minimum absolute atomic E-state index is 0.0136. The highest BCUT2D eigenvalue weighted by Gasteiger charge is 2.11. The fraction of sp³-hybridized carbons (Fsp3) is 0.583. The van der Waals surface area contributed by atoms with Gasteiger partial charge in [0.2, 0.25) is 0 Å². The van der Waals surface area contributed by atoms with Gasteiger partial charge in [-0.2, -0.15) is 0 Å². The van der Waals surface area contributed by atoms with E-state index in [1.165, 1.54) is 0 Å². The second-order valence-electron chi connectivity index (χ2n) is 3.41. The highest BCUT2D eigenvalue weighted by atomic mass is 16.7. The normalized spacial score (nSPS) is 9.47. The van der Waals surface area contributed by atoms with Crippen LogP contribution in [-0.4, -0.2) is 18.9 Å². The van der Waals surface area contributed by atoms with Gasteiger partial charge in [-0.15, -0.1) is 24.7 Å². The summed E-state index contributed by atoms with van der Waals surface area (Å²) in [5.74, 6) is 4.99. The first kappa shape index (κ1) is 13.4. The van der Waals surface area contributed by atoms with Crippen molar-refractivity contribution in [1.82, 2.24) is 0 Å². The van der Waals surface area contributed by atoms with Crippen LogP contribution in [0.2, 0.25) is 0 Å². The first-order valence-electron chi connectivity index (χ1n) is 4.80. The smallest absolute Gasteiger partial charge is 0.434 e. The Bertz CT molecular complexity index is 252. The summed E-state index contributed by atoms with van der Waals surface area (Å²) in [5.41, 5.74) is 0. The molecule has 0 fully saturated rings. The molecular weight excluding hydrogens is 192 g/mol. The lowest BCUT2D eigenvalue weighted by Crippen LogP contribution is -2.17. The lowest BCUT2D eigenvalue weighted by Gasteiger charge is -2.12. The number of ether oxygens (including phenoxy) is 2. The molecule has 0 saturated carbocycles. The van der Waals surface area contributed by atoms with Crippen molar-refractivity contribution in [2.24, 2.45) is 5.92 Å². The van der Waals surface area contributed by atoms with Gasteiger partial charge in [-0.25, -0.2) is 4.79 Å². The Morgan fingerprint density at radius 2 is 1.80 bits per heavy atom. The molecule has 0 radical (unpaired) electrons. The topological polar surface area (TPSA) is 35.5 Å². The van der Waals surface area contributed by atoms with E-state index in [1.54, 1.807) is 13.8 Å². The number of terminal acetylenes is 2. The van der Waals surface area contributed by atoms with Gasteiger partial charge in [-0.3, -0.25) is 0 Å². The van der Waals surface area contributed by atoms with E-state index >= 15 is 0 Å². The van der Waals surface area contributed by atoms with Gasteiger partial charge < -0.3 is 9.47 Å². The zero-order valence-corrected chi connectivity index (χ0v) is 9.16. The molecule has 82 valence electrons. The van der Waals surface area contributed by atoms with E-state index < -0.39 is 6.16 Å². The van der Waals surface area contributed by atoms with Crippen LogP contribution in [0.5, 0.6) is 0 Å². The van der Waals surface area contributed by atoms with Gasteiger partial charge in [0.05, 0.1) is 12.7 Å². The molecule has 0 aromatic carbocycles. The molecular formula is C12H16O3. The lowest BCUT2D eigenvalue weighted by molar-refractivity contribution is 0.0262. The van der Waals surface area contributed by atoms with Crippen LogP contribution in [-0.2, 0) is 9.47 Å². The average molecular weight is 208 g/mol. The van der Waals surface area contributed by atoms with Crippen LogP contribution in [0.15, 0.2) is 0 Å². The van der Waals surface area contributed by atoms with Crippen LogP contribution in [0.3, 0.4) is 0 Å². The number of hydrogen-bond donors (Lipinski definition) is 0. The Labute approximate surface area is 91.1 Å². The number of hydrogen-bond acceptors (Lipinski definition) is 3. The molecule has 0 bridgehead atoms. The van der Waals surface area contributed by atoms with E-state index in [0.717, 1.165) is 0 Å². The standard InChI is InChI=1S/C12H16O3/c1-5-7-11(8-6-2)9-14-12(13)15-10(3)4/h1-2,10-11H,7-9H2,3-4H3. The first-order valence-corrected chi connectivity index (χ1v) is 4.80. The van der Waals surface area contributed by atoms with E-state index in [1.807, 2.05) is 0 Å². The van der Waals surface area contributed by atoms with Crippen LogP contribution in [0.1, 0.15) is 26.7 Å². The largest absolute Gasteiger partial charge is 0.508 e. The van der Waals surface area contributed by atoms with Crippen molar-refractivity contribution in [3.63, 3.8) is 0 Å². The van der Waals surface area contributed by atoms with Crippen molar-refractivity contribution in [1.29, 1.82) is 0 Å². The highest BCUT2D eigenvalue weighted by Crippen LogP contribution is 2.08. The Hall–Kier alpha value is -1.61. The molecule has 0 aromatic rings. The molecule has 0 unspecified atom stereocenters. The molecule has 0 aliphatic rings. The summed E-state index contributed by atoms with van der Waals surface area (Å²) in [6.07, 6.45) is 10.5. The van der Waals surface area contributed by atoms with Crippen molar-refractivity contribution in [2.75, 3.05) is 6.61 Å². The van der Waals surface area contributed by atoms with Crippen LogP contribution in [0.4, 0.5) is 4.79 Å². The van der Waals surface area contributed by atoms with Crippen molar-refractivity contribution in [3.8, 4) is 24.7 Å². The third kappa shape index (κ3) is 7.46. The third-order valence-electron chi connectivity index (χ3n) is 1.58. The fourth-order valence-electron chi connectivity index (χ4n) is 0.936. The maximum atomic E-state index is 11.0. The number of carbonyl (C=O) groups is 1. The van der Waals surface area contributed by atoms with Gasteiger partial charge in [0.25, 0.3) is 0 Å². The summed E-state index contributed by atoms with van der Waals surface area (Å²) < 4.78 is 9.66. The fourth-order valence-corrected chi connectivity index (χ4v) is 0.936. The zero-order chi connectivity index (χ0) is 11.7. The maximum absolute atomic E-state index is 11.0. The SMILES string of the molecule is C#CCC(CC#C)COC(=O)OC(C)C. The van der Waals surface area contributed by atoms with Crippen molar-refractivity contribution < 1.29 is 14.3 Å². The van der Waals surface area contributed by atoms with Gasteiger partial charge in [0, 0.05) is 18.8 Å². The van der Waals surface area contributed by atoms with Crippen molar-refractivity contribution >= 4 is 6.16 Å². The Balaban J connectivity index is 3.85. The van der Waals surface area contributed by atoms with E-state index in [9.17, 15) is 4.79 Å². The molecule has 0 aliphatic heterocycles. The third-order valence-corrected chi connectivity index (χ3v) is 1.58. The number of carbonyl (C=O) groups excluding carboxylic acids is 1. The predicted molar refractivity (Wildman–Crippen MR) is 58.0 cm³/mol. The van der Waals surface area contributed by atoms with Crippen LogP contribution in [0.25, 0.3) is 0 Å². The van der Waals surface area contributed by atoms with Gasteiger partial charge in [-0.1, -0.05) is 0 Å². The zero-order valence-electron chi connectivity index (χ0n) is 9.16. The quantitative estimate of drug-likeness (QED) is 0.513. The Morgan fingerprint density at radius 1 is 1.27 bits per heavy atom. The van der Waals surface area contributed by atoms with Crippen LogP contribution >= 0.6 is 0 Å². The summed E-state index contributed by atoms with van der Waals surface area (Å²) in [6, 6.07) is 0. The van der Waals surface area contributed by atoms with Gasteiger partial charge >= 0.3 is 6.16 Å². The summed E-state index contributed by atoms with van der Waals surface area (Å²) in [6.45, 7) is 3.71. The number of rotatable bonds is 5. The summed E-state index contributed by atoms with van der Waals surface area (Å²) in [7, 11) is 0. The summed E-state index contributed by atoms with van der Waals surface area (Å²) >= 11 is 0. The molecule has 0 saturated heterocycles. The molecule has 0 heterocycles. The van der Waals surface area contributed by atoms with Gasteiger partial charge in [0.15, 0.2) is 0 Å². The second-order valence-corrected chi connectivity index (χ2v) is 3.41. The van der Waals surface area contributed by atoms with E-state index in [4.69, 9.17) is 22.3 Å². The molecule has 3 heteroatoms. The predicted octanol–water partition coefficient (Wildman–Crippen LogP) is 2.21. The van der Waals surface area contributed by atoms with E-state index in [0.29, 0.717) is 12.8 Å². The van der Waals surface area contributed by atoms with Crippen molar-refractivity contribution in [3.05, 3.63) is 0 Å². The minimum atomic E-state index is -0.677. The highest BCUT2D eigenvalue weighted by molar-refractivity contribution is 5.60. The molecule has 0 aromatic heterocycles. The van der Waals surface area contributed by atoms with E-state index in [2.05, 4.69) is 11.8 Å². The van der Waals surface area contributed by atoms with Crippen LogP contribution in [0, 0.1) is 30.6 Å². The Kier molecular flexibility index (Phi) is 6.93. The van der Waals surface area contributed by atoms with Gasteiger partial charge in [0.1, 0.15) is 0 Å². The lowest BCUT2D eigenvalue weighted by atomic mass is 10.0. The molecule has 0 atom stereocenters. The van der Waals surface area contributed by atoms with Gasteiger partial charge in [-0.05, 0) is 13.8 Å². The van der Waals surface area contributed by atoms with Crippen LogP contribution < -0.4 is 0 Å². The Morgan fingerprint density at radius 3 is 2.20 bits per heavy atom. The summed E-state index contributed by atoms with van der Waals surface area (Å²) in [4.78, 5) is 11.0.